The molecule has 2 aromatic rings. The van der Waals surface area contributed by atoms with Crippen LogP contribution in [0.1, 0.15) is 30.2 Å². The predicted octanol–water partition coefficient (Wildman–Crippen LogP) is 5.50. The Labute approximate surface area is 127 Å². The molecule has 100 valence electrons. The van der Waals surface area contributed by atoms with E-state index in [1.165, 1.54) is 10.9 Å². The summed E-state index contributed by atoms with van der Waals surface area (Å²) in [5.74, 6) is 0. The van der Waals surface area contributed by atoms with E-state index < -0.39 is 0 Å². The summed E-state index contributed by atoms with van der Waals surface area (Å²) >= 11 is 10.1. The summed E-state index contributed by atoms with van der Waals surface area (Å²) < 4.78 is 5.98. The average Bonchev–Trinajstić information content (AvgIpc) is 2.86. The number of ether oxygens (including phenoxy) is 1. The molecule has 0 radical (unpaired) electrons. The molecule has 1 fully saturated rings. The molecule has 1 nitrogen and oxygen atoms in total. The first-order valence-corrected chi connectivity index (χ1v) is 7.93. The van der Waals surface area contributed by atoms with Gasteiger partial charge in [0.05, 0.1) is 17.0 Å². The van der Waals surface area contributed by atoms with Gasteiger partial charge in [0.1, 0.15) is 0 Å². The Kier molecular flexibility index (Phi) is 3.84. The molecule has 3 unspecified atom stereocenters. The molecule has 0 saturated carbocycles. The second-order valence-corrected chi connectivity index (χ2v) is 6.54. The van der Waals surface area contributed by atoms with E-state index in [1.807, 2.05) is 12.1 Å². The molecule has 19 heavy (non-hydrogen) atoms. The van der Waals surface area contributed by atoms with Gasteiger partial charge in [-0.25, -0.2) is 0 Å². The van der Waals surface area contributed by atoms with E-state index in [0.29, 0.717) is 6.10 Å². The summed E-state index contributed by atoms with van der Waals surface area (Å²) in [4.78, 5) is 0.222. The van der Waals surface area contributed by atoms with Gasteiger partial charge in [-0.3, -0.25) is 0 Å². The number of benzene rings is 2. The zero-order chi connectivity index (χ0) is 13.4. The molecule has 0 aliphatic carbocycles. The number of rotatable bonds is 2. The monoisotopic (exact) mass is 338 g/mol. The van der Waals surface area contributed by atoms with Gasteiger partial charge in [-0.05, 0) is 36.8 Å². The molecule has 1 aliphatic rings. The normalized spacial score (nSPS) is 24.8. The fourth-order valence-electron chi connectivity index (χ4n) is 2.78. The molecule has 1 saturated heterocycles. The van der Waals surface area contributed by atoms with Crippen molar-refractivity contribution in [3.8, 4) is 0 Å². The van der Waals surface area contributed by atoms with E-state index in [2.05, 4.69) is 47.1 Å². The zero-order valence-electron chi connectivity index (χ0n) is 10.8. The first-order valence-electron chi connectivity index (χ1n) is 6.63. The van der Waals surface area contributed by atoms with Crippen molar-refractivity contribution in [2.24, 2.45) is 0 Å². The van der Waals surface area contributed by atoms with Crippen molar-refractivity contribution < 1.29 is 4.74 Å². The second kappa shape index (κ2) is 5.43. The topological polar surface area (TPSA) is 9.23 Å². The molecule has 1 heterocycles. The van der Waals surface area contributed by atoms with Crippen LogP contribution in [-0.2, 0) is 4.74 Å². The molecule has 0 amide bonds. The predicted molar refractivity (Wildman–Crippen MR) is 84.2 cm³/mol. The maximum absolute atomic E-state index is 6.27. The first kappa shape index (κ1) is 13.4. The van der Waals surface area contributed by atoms with Crippen molar-refractivity contribution in [2.45, 2.75) is 36.8 Å². The van der Waals surface area contributed by atoms with Gasteiger partial charge in [-0.2, -0.15) is 0 Å². The van der Waals surface area contributed by atoms with Crippen LogP contribution >= 0.6 is 27.5 Å². The Hall–Kier alpha value is -0.570. The van der Waals surface area contributed by atoms with Crippen LogP contribution in [-0.4, -0.2) is 12.2 Å². The maximum Gasteiger partial charge on any atom is 0.0745 e. The van der Waals surface area contributed by atoms with Gasteiger partial charge in [-0.15, -0.1) is 0 Å². The van der Waals surface area contributed by atoms with Crippen LogP contribution in [0.2, 0.25) is 5.02 Å². The molecular weight excluding hydrogens is 324 g/mol. The Morgan fingerprint density at radius 3 is 2.58 bits per heavy atom. The van der Waals surface area contributed by atoms with Crippen LogP contribution in [0.4, 0.5) is 0 Å². The second-order valence-electron chi connectivity index (χ2n) is 5.15. The van der Waals surface area contributed by atoms with E-state index in [9.17, 15) is 0 Å². The average molecular weight is 340 g/mol. The lowest BCUT2D eigenvalue weighted by Gasteiger charge is -2.20. The van der Waals surface area contributed by atoms with Crippen molar-refractivity contribution in [1.82, 2.24) is 0 Å². The molecular formula is C16H16BrClO. The number of hydrogen-bond acceptors (Lipinski definition) is 1. The standard InChI is InChI=1S/C16H16BrClO/c1-10-6-9-15(19-10)16(17)13-7-8-14(18)12-5-3-2-4-11(12)13/h2-5,7-8,10,15-16H,6,9H2,1H3. The Morgan fingerprint density at radius 1 is 1.16 bits per heavy atom. The quantitative estimate of drug-likeness (QED) is 0.657. The molecule has 0 spiro atoms. The largest absolute Gasteiger partial charge is 0.374 e. The summed E-state index contributed by atoms with van der Waals surface area (Å²) in [6, 6.07) is 12.4. The summed E-state index contributed by atoms with van der Waals surface area (Å²) in [5.41, 5.74) is 1.26. The molecule has 0 N–H and O–H groups in total. The molecule has 3 heteroatoms. The zero-order valence-corrected chi connectivity index (χ0v) is 13.1. The molecule has 3 rings (SSSR count). The van der Waals surface area contributed by atoms with E-state index in [0.717, 1.165) is 23.3 Å². The number of hydrogen-bond donors (Lipinski definition) is 0. The summed E-state index contributed by atoms with van der Waals surface area (Å²) in [5, 5.41) is 3.12. The lowest BCUT2D eigenvalue weighted by atomic mass is 9.98. The maximum atomic E-state index is 6.27. The lowest BCUT2D eigenvalue weighted by Crippen LogP contribution is -2.14. The van der Waals surface area contributed by atoms with Gasteiger partial charge in [0.15, 0.2) is 0 Å². The van der Waals surface area contributed by atoms with Gasteiger partial charge in [-0.1, -0.05) is 57.9 Å². The third-order valence-electron chi connectivity index (χ3n) is 3.79. The van der Waals surface area contributed by atoms with Crippen molar-refractivity contribution in [3.05, 3.63) is 47.0 Å². The minimum Gasteiger partial charge on any atom is -0.374 e. The highest BCUT2D eigenvalue weighted by Gasteiger charge is 2.29. The van der Waals surface area contributed by atoms with E-state index in [-0.39, 0.29) is 10.9 Å². The van der Waals surface area contributed by atoms with Gasteiger partial charge >= 0.3 is 0 Å². The molecule has 0 bridgehead atoms. The van der Waals surface area contributed by atoms with Crippen molar-refractivity contribution >= 4 is 38.3 Å². The van der Waals surface area contributed by atoms with Crippen LogP contribution in [0.5, 0.6) is 0 Å². The van der Waals surface area contributed by atoms with Gasteiger partial charge < -0.3 is 4.74 Å². The van der Waals surface area contributed by atoms with E-state index >= 15 is 0 Å². The number of halogens is 2. The molecule has 1 aliphatic heterocycles. The van der Waals surface area contributed by atoms with Crippen molar-refractivity contribution in [1.29, 1.82) is 0 Å². The third-order valence-corrected chi connectivity index (χ3v) is 5.21. The summed E-state index contributed by atoms with van der Waals surface area (Å²) in [6.07, 6.45) is 2.86. The van der Waals surface area contributed by atoms with Crippen LogP contribution in [0, 0.1) is 0 Å². The molecule has 2 aromatic carbocycles. The lowest BCUT2D eigenvalue weighted by molar-refractivity contribution is 0.0558. The van der Waals surface area contributed by atoms with E-state index in [1.54, 1.807) is 0 Å². The highest BCUT2D eigenvalue weighted by molar-refractivity contribution is 9.09. The number of alkyl halides is 1. The smallest absolute Gasteiger partial charge is 0.0745 e. The van der Waals surface area contributed by atoms with Gasteiger partial charge in [0, 0.05) is 10.4 Å². The summed E-state index contributed by atoms with van der Waals surface area (Å²) in [7, 11) is 0. The summed E-state index contributed by atoms with van der Waals surface area (Å²) in [6.45, 7) is 2.14. The minimum absolute atomic E-state index is 0.222. The Morgan fingerprint density at radius 2 is 1.89 bits per heavy atom. The molecule has 0 aromatic heterocycles. The van der Waals surface area contributed by atoms with Crippen LogP contribution < -0.4 is 0 Å². The SMILES string of the molecule is CC1CCC(C(Br)c2ccc(Cl)c3ccccc23)O1. The molecule has 3 atom stereocenters. The van der Waals surface area contributed by atoms with Gasteiger partial charge in [0.2, 0.25) is 0 Å². The Balaban J connectivity index is 2.03. The highest BCUT2D eigenvalue weighted by atomic mass is 79.9. The highest BCUT2D eigenvalue weighted by Crippen LogP contribution is 2.40. The number of fused-ring (bicyclic) bond motifs is 1. The van der Waals surface area contributed by atoms with Crippen molar-refractivity contribution in [2.75, 3.05) is 0 Å². The fraction of sp³-hybridized carbons (Fsp3) is 0.375. The van der Waals surface area contributed by atoms with Crippen molar-refractivity contribution in [3.63, 3.8) is 0 Å². The van der Waals surface area contributed by atoms with E-state index in [4.69, 9.17) is 16.3 Å². The third kappa shape index (κ3) is 2.54. The van der Waals surface area contributed by atoms with Crippen LogP contribution in [0.3, 0.4) is 0 Å². The fourth-order valence-corrected chi connectivity index (χ4v) is 3.79. The first-order chi connectivity index (χ1) is 9.16. The van der Waals surface area contributed by atoms with Crippen LogP contribution in [0.15, 0.2) is 36.4 Å². The van der Waals surface area contributed by atoms with Crippen LogP contribution in [0.25, 0.3) is 10.8 Å². The minimum atomic E-state index is 0.222. The van der Waals surface area contributed by atoms with Gasteiger partial charge in [0.25, 0.3) is 0 Å². The Bertz CT molecular complexity index is 598.